The first-order valence-electron chi connectivity index (χ1n) is 13.1. The fourth-order valence-corrected chi connectivity index (χ4v) is 5.72. The van der Waals surface area contributed by atoms with Crippen LogP contribution >= 0.6 is 0 Å². The molecule has 3 aromatic carbocycles. The Kier molecular flexibility index (Phi) is 6.28. The second-order valence-corrected chi connectivity index (χ2v) is 9.99. The maximum absolute atomic E-state index is 14.1. The third-order valence-corrected chi connectivity index (χ3v) is 7.61. The Bertz CT molecular complexity index is 1320. The fraction of sp³-hybridized carbons (Fsp3) is 0.333. The van der Waals surface area contributed by atoms with Crippen LogP contribution in [-0.4, -0.2) is 42.4 Å². The van der Waals surface area contributed by atoms with Crippen LogP contribution in [0.2, 0.25) is 0 Å². The number of benzene rings is 3. The van der Waals surface area contributed by atoms with Crippen molar-refractivity contribution in [3.8, 4) is 5.75 Å². The number of hydrogen-bond donors (Lipinski definition) is 0. The molecule has 0 spiro atoms. The third-order valence-electron chi connectivity index (χ3n) is 7.61. The van der Waals surface area contributed by atoms with E-state index in [1.807, 2.05) is 30.3 Å². The zero-order valence-corrected chi connectivity index (χ0v) is 20.7. The van der Waals surface area contributed by atoms with Gasteiger partial charge in [-0.3, -0.25) is 14.5 Å². The predicted octanol–water partition coefficient (Wildman–Crippen LogP) is 5.22. The Morgan fingerprint density at radius 2 is 1.68 bits per heavy atom. The van der Waals surface area contributed by atoms with Crippen LogP contribution in [-0.2, 0) is 22.6 Å². The van der Waals surface area contributed by atoms with Crippen molar-refractivity contribution in [3.05, 3.63) is 83.7 Å². The second kappa shape index (κ2) is 9.88. The number of para-hydroxylation sites is 2. The summed E-state index contributed by atoms with van der Waals surface area (Å²) in [4.78, 5) is 33.2. The molecule has 2 amide bonds. The van der Waals surface area contributed by atoms with Gasteiger partial charge in [-0.2, -0.15) is 0 Å². The standard InChI is InChI=1S/C30H30FN3O3/c31-23-11-14-25-22(19-23)20-37-28-8-2-1-6-26(28)34(25)30(36)27-7-5-17-33(27)29(35)18-21-9-12-24(13-10-21)32-15-3-4-16-32/h1-2,6,8-14,19,27H,3-5,7,15-18,20H2/t27-/m1/s1. The molecule has 6 nitrogen and oxygen atoms in total. The lowest BCUT2D eigenvalue weighted by Gasteiger charge is -2.31. The highest BCUT2D eigenvalue weighted by atomic mass is 19.1. The number of halogens is 1. The highest BCUT2D eigenvalue weighted by Crippen LogP contribution is 2.41. The molecule has 3 aromatic rings. The smallest absolute Gasteiger partial charge is 0.254 e. The van der Waals surface area contributed by atoms with Gasteiger partial charge in [0.15, 0.2) is 0 Å². The quantitative estimate of drug-likeness (QED) is 0.494. The van der Waals surface area contributed by atoms with Crippen LogP contribution in [0.5, 0.6) is 5.75 Å². The number of likely N-dealkylation sites (tertiary alicyclic amines) is 1. The van der Waals surface area contributed by atoms with Gasteiger partial charge in [0.1, 0.15) is 24.2 Å². The number of rotatable bonds is 4. The summed E-state index contributed by atoms with van der Waals surface area (Å²) in [6.07, 6.45) is 4.05. The van der Waals surface area contributed by atoms with E-state index in [9.17, 15) is 14.0 Å². The fourth-order valence-electron chi connectivity index (χ4n) is 5.72. The Balaban J connectivity index is 1.25. The van der Waals surface area contributed by atoms with Gasteiger partial charge in [-0.25, -0.2) is 4.39 Å². The van der Waals surface area contributed by atoms with Crippen molar-refractivity contribution in [3.63, 3.8) is 0 Å². The SMILES string of the molecule is O=C([C@H]1CCCN1C(=O)Cc1ccc(N2CCCC2)cc1)N1c2ccc(F)cc2COc2ccccc21. The lowest BCUT2D eigenvalue weighted by Crippen LogP contribution is -2.47. The lowest BCUT2D eigenvalue weighted by atomic mass is 10.1. The summed E-state index contributed by atoms with van der Waals surface area (Å²) < 4.78 is 20.0. The summed E-state index contributed by atoms with van der Waals surface area (Å²) in [6, 6.07) is 19.3. The summed E-state index contributed by atoms with van der Waals surface area (Å²) >= 11 is 0. The van der Waals surface area contributed by atoms with Gasteiger partial charge in [0, 0.05) is 30.9 Å². The summed E-state index contributed by atoms with van der Waals surface area (Å²) in [5.41, 5.74) is 3.93. The molecule has 190 valence electrons. The van der Waals surface area contributed by atoms with E-state index in [0.717, 1.165) is 25.1 Å². The molecule has 6 rings (SSSR count). The van der Waals surface area contributed by atoms with Crippen molar-refractivity contribution in [2.75, 3.05) is 29.4 Å². The van der Waals surface area contributed by atoms with Crippen LogP contribution in [0, 0.1) is 5.82 Å². The normalized spacial score (nSPS) is 18.7. The summed E-state index contributed by atoms with van der Waals surface area (Å²) in [7, 11) is 0. The van der Waals surface area contributed by atoms with E-state index >= 15 is 0 Å². The molecule has 0 N–H and O–H groups in total. The summed E-state index contributed by atoms with van der Waals surface area (Å²) in [5.74, 6) is -0.0694. The van der Waals surface area contributed by atoms with Crippen molar-refractivity contribution in [1.82, 2.24) is 4.90 Å². The first kappa shape index (κ1) is 23.5. The van der Waals surface area contributed by atoms with Crippen LogP contribution in [0.25, 0.3) is 0 Å². The molecule has 37 heavy (non-hydrogen) atoms. The number of hydrogen-bond acceptors (Lipinski definition) is 4. The molecule has 2 fully saturated rings. The number of amides is 2. The second-order valence-electron chi connectivity index (χ2n) is 9.99. The van der Waals surface area contributed by atoms with E-state index in [1.54, 1.807) is 21.9 Å². The molecule has 0 aromatic heterocycles. The van der Waals surface area contributed by atoms with E-state index in [-0.39, 0.29) is 30.7 Å². The number of ether oxygens (including phenoxy) is 1. The van der Waals surface area contributed by atoms with Crippen LogP contribution < -0.4 is 14.5 Å². The molecule has 0 aliphatic carbocycles. The molecule has 3 aliphatic rings. The molecule has 7 heteroatoms. The van der Waals surface area contributed by atoms with E-state index < -0.39 is 6.04 Å². The van der Waals surface area contributed by atoms with Crippen LogP contribution in [0.1, 0.15) is 36.8 Å². The van der Waals surface area contributed by atoms with E-state index in [4.69, 9.17) is 4.74 Å². The first-order valence-corrected chi connectivity index (χ1v) is 13.1. The van der Waals surface area contributed by atoms with Crippen molar-refractivity contribution in [1.29, 1.82) is 0 Å². The number of fused-ring (bicyclic) bond motifs is 2. The van der Waals surface area contributed by atoms with Gasteiger partial charge in [0.2, 0.25) is 5.91 Å². The minimum absolute atomic E-state index is 0.0524. The Labute approximate surface area is 216 Å². The van der Waals surface area contributed by atoms with Crippen molar-refractivity contribution in [2.45, 2.75) is 44.8 Å². The molecular formula is C30H30FN3O3. The van der Waals surface area contributed by atoms with E-state index in [0.29, 0.717) is 35.7 Å². The topological polar surface area (TPSA) is 53.1 Å². The zero-order chi connectivity index (χ0) is 25.4. The number of anilines is 3. The summed E-state index contributed by atoms with van der Waals surface area (Å²) in [6.45, 7) is 2.87. The Hall–Kier alpha value is -3.87. The van der Waals surface area contributed by atoms with Gasteiger partial charge in [0.25, 0.3) is 5.91 Å². The van der Waals surface area contributed by atoms with Gasteiger partial charge in [-0.1, -0.05) is 24.3 Å². The monoisotopic (exact) mass is 499 g/mol. The van der Waals surface area contributed by atoms with Crippen molar-refractivity contribution < 1.29 is 18.7 Å². The molecule has 0 radical (unpaired) electrons. The largest absolute Gasteiger partial charge is 0.487 e. The van der Waals surface area contributed by atoms with Gasteiger partial charge in [-0.05, 0) is 73.7 Å². The predicted molar refractivity (Wildman–Crippen MR) is 141 cm³/mol. The lowest BCUT2D eigenvalue weighted by molar-refractivity contribution is -0.136. The minimum Gasteiger partial charge on any atom is -0.487 e. The van der Waals surface area contributed by atoms with Crippen LogP contribution in [0.3, 0.4) is 0 Å². The maximum Gasteiger partial charge on any atom is 0.254 e. The van der Waals surface area contributed by atoms with E-state index in [2.05, 4.69) is 17.0 Å². The molecule has 0 bridgehead atoms. The highest BCUT2D eigenvalue weighted by molar-refractivity contribution is 6.07. The summed E-state index contributed by atoms with van der Waals surface area (Å²) in [5, 5.41) is 0. The molecule has 2 saturated heterocycles. The number of nitrogens with zero attached hydrogens (tertiary/aromatic N) is 3. The molecular weight excluding hydrogens is 469 g/mol. The van der Waals surface area contributed by atoms with Gasteiger partial charge < -0.3 is 14.5 Å². The van der Waals surface area contributed by atoms with Crippen molar-refractivity contribution >= 4 is 28.9 Å². The average molecular weight is 500 g/mol. The molecule has 0 saturated carbocycles. The van der Waals surface area contributed by atoms with E-state index in [1.165, 1.54) is 30.7 Å². The molecule has 3 heterocycles. The van der Waals surface area contributed by atoms with Crippen molar-refractivity contribution in [2.24, 2.45) is 0 Å². The van der Waals surface area contributed by atoms with Crippen LogP contribution in [0.15, 0.2) is 66.7 Å². The van der Waals surface area contributed by atoms with Gasteiger partial charge in [-0.15, -0.1) is 0 Å². The third kappa shape index (κ3) is 4.54. The number of carbonyl (C=O) groups excluding carboxylic acids is 2. The molecule has 3 aliphatic heterocycles. The number of carbonyl (C=O) groups is 2. The highest BCUT2D eigenvalue weighted by Gasteiger charge is 2.39. The van der Waals surface area contributed by atoms with Gasteiger partial charge >= 0.3 is 0 Å². The first-order chi connectivity index (χ1) is 18.1. The molecule has 0 unspecified atom stereocenters. The minimum atomic E-state index is -0.583. The molecule has 1 atom stereocenters. The van der Waals surface area contributed by atoms with Crippen LogP contribution in [0.4, 0.5) is 21.5 Å². The Morgan fingerprint density at radius 3 is 2.49 bits per heavy atom. The Morgan fingerprint density at radius 1 is 0.892 bits per heavy atom. The average Bonchev–Trinajstić information content (AvgIpc) is 3.60. The van der Waals surface area contributed by atoms with Gasteiger partial charge in [0.05, 0.1) is 17.8 Å². The zero-order valence-electron chi connectivity index (χ0n) is 20.7. The maximum atomic E-state index is 14.1.